The summed E-state index contributed by atoms with van der Waals surface area (Å²) in [6.07, 6.45) is 4.61. The van der Waals surface area contributed by atoms with Crippen molar-refractivity contribution in [3.8, 4) is 0 Å². The number of rotatable bonds is 9. The Labute approximate surface area is 108 Å². The Morgan fingerprint density at radius 3 is 3.00 bits per heavy atom. The Kier molecular flexibility index (Phi) is 5.10. The van der Waals surface area contributed by atoms with Crippen LogP contribution < -0.4 is 5.73 Å². The number of nitrogens with two attached hydrogens (primary N) is 1. The summed E-state index contributed by atoms with van der Waals surface area (Å²) in [6, 6.07) is 0. The summed E-state index contributed by atoms with van der Waals surface area (Å²) in [7, 11) is 2.10. The van der Waals surface area contributed by atoms with Crippen LogP contribution >= 0.6 is 0 Å². The molecule has 6 heteroatoms. The maximum atomic E-state index is 5.61. The van der Waals surface area contributed by atoms with Gasteiger partial charge < -0.3 is 15.4 Å². The summed E-state index contributed by atoms with van der Waals surface area (Å²) < 4.78 is 7.45. The second-order valence-electron chi connectivity index (χ2n) is 5.00. The summed E-state index contributed by atoms with van der Waals surface area (Å²) in [5.74, 6) is 0.847. The predicted molar refractivity (Wildman–Crippen MR) is 69.0 cm³/mol. The molecule has 0 saturated heterocycles. The highest BCUT2D eigenvalue weighted by Crippen LogP contribution is 2.28. The van der Waals surface area contributed by atoms with Gasteiger partial charge in [0.15, 0.2) is 0 Å². The fourth-order valence-corrected chi connectivity index (χ4v) is 1.68. The van der Waals surface area contributed by atoms with E-state index < -0.39 is 0 Å². The first-order chi connectivity index (χ1) is 8.78. The summed E-state index contributed by atoms with van der Waals surface area (Å²) in [5, 5.41) is 7.97. The predicted octanol–water partition coefficient (Wildman–Crippen LogP) is 0.0952. The lowest BCUT2D eigenvalue weighted by atomic mass is 10.4. The molecule has 1 aliphatic rings. The van der Waals surface area contributed by atoms with Crippen LogP contribution in [0.4, 0.5) is 0 Å². The van der Waals surface area contributed by atoms with E-state index in [0.717, 1.165) is 44.5 Å². The fourth-order valence-electron chi connectivity index (χ4n) is 1.68. The first-order valence-electron chi connectivity index (χ1n) is 6.63. The number of hydrogen-bond acceptors (Lipinski definition) is 5. The number of hydrogen-bond donors (Lipinski definition) is 1. The maximum Gasteiger partial charge on any atom is 0.0962 e. The summed E-state index contributed by atoms with van der Waals surface area (Å²) in [4.78, 5) is 2.25. The molecule has 0 amide bonds. The molecule has 102 valence electrons. The van der Waals surface area contributed by atoms with Gasteiger partial charge in [-0.3, -0.25) is 4.68 Å². The molecule has 1 fully saturated rings. The normalized spacial score (nSPS) is 15.5. The van der Waals surface area contributed by atoms with Crippen molar-refractivity contribution < 1.29 is 4.74 Å². The van der Waals surface area contributed by atoms with Gasteiger partial charge in [0.2, 0.25) is 0 Å². The van der Waals surface area contributed by atoms with Crippen molar-refractivity contribution in [3.05, 3.63) is 11.9 Å². The van der Waals surface area contributed by atoms with E-state index >= 15 is 0 Å². The molecule has 0 aliphatic heterocycles. The zero-order chi connectivity index (χ0) is 12.8. The smallest absolute Gasteiger partial charge is 0.0962 e. The van der Waals surface area contributed by atoms with Gasteiger partial charge in [-0.15, -0.1) is 5.10 Å². The summed E-state index contributed by atoms with van der Waals surface area (Å²) in [5.41, 5.74) is 6.33. The number of likely N-dealkylation sites (N-methyl/N-ethyl adjacent to an activating group) is 1. The molecule has 1 saturated carbocycles. The average Bonchev–Trinajstić information content (AvgIpc) is 3.09. The molecule has 0 spiro atoms. The molecular weight excluding hydrogens is 230 g/mol. The topological polar surface area (TPSA) is 69.2 Å². The minimum atomic E-state index is 0.449. The minimum absolute atomic E-state index is 0.449. The molecule has 1 heterocycles. The molecular formula is C12H23N5O. The SMILES string of the molecule is CN(CCOCC1CC1)CCn1cc(CN)nn1. The monoisotopic (exact) mass is 253 g/mol. The van der Waals surface area contributed by atoms with Crippen molar-refractivity contribution in [2.75, 3.05) is 33.4 Å². The van der Waals surface area contributed by atoms with Crippen LogP contribution in [0, 0.1) is 5.92 Å². The average molecular weight is 253 g/mol. The van der Waals surface area contributed by atoms with Crippen molar-refractivity contribution in [2.24, 2.45) is 11.7 Å². The van der Waals surface area contributed by atoms with Crippen molar-refractivity contribution in [3.63, 3.8) is 0 Å². The van der Waals surface area contributed by atoms with Gasteiger partial charge >= 0.3 is 0 Å². The third kappa shape index (κ3) is 4.72. The van der Waals surface area contributed by atoms with Crippen LogP contribution in [0.3, 0.4) is 0 Å². The van der Waals surface area contributed by atoms with Gasteiger partial charge in [0.05, 0.1) is 18.8 Å². The maximum absolute atomic E-state index is 5.61. The van der Waals surface area contributed by atoms with E-state index in [2.05, 4.69) is 22.3 Å². The number of nitrogens with zero attached hydrogens (tertiary/aromatic N) is 4. The first kappa shape index (κ1) is 13.5. The Morgan fingerprint density at radius 2 is 2.33 bits per heavy atom. The van der Waals surface area contributed by atoms with Gasteiger partial charge in [0.1, 0.15) is 0 Å². The van der Waals surface area contributed by atoms with E-state index in [-0.39, 0.29) is 0 Å². The lowest BCUT2D eigenvalue weighted by molar-refractivity contribution is 0.102. The fraction of sp³-hybridized carbons (Fsp3) is 0.833. The molecule has 2 rings (SSSR count). The quantitative estimate of drug-likeness (QED) is 0.632. The van der Waals surface area contributed by atoms with Crippen LogP contribution in [-0.4, -0.2) is 53.2 Å². The highest BCUT2D eigenvalue weighted by atomic mass is 16.5. The summed E-state index contributed by atoms with van der Waals surface area (Å²) in [6.45, 7) is 4.96. The second kappa shape index (κ2) is 6.82. The van der Waals surface area contributed by atoms with Crippen LogP contribution in [0.5, 0.6) is 0 Å². The van der Waals surface area contributed by atoms with Gasteiger partial charge in [0, 0.05) is 32.4 Å². The molecule has 1 aromatic heterocycles. The molecule has 0 radical (unpaired) electrons. The van der Waals surface area contributed by atoms with E-state index in [1.54, 1.807) is 0 Å². The van der Waals surface area contributed by atoms with Crippen LogP contribution in [0.25, 0.3) is 0 Å². The van der Waals surface area contributed by atoms with Gasteiger partial charge in [0.25, 0.3) is 0 Å². The zero-order valence-electron chi connectivity index (χ0n) is 11.1. The lowest BCUT2D eigenvalue weighted by Gasteiger charge is -2.16. The molecule has 0 bridgehead atoms. The van der Waals surface area contributed by atoms with Gasteiger partial charge in [-0.05, 0) is 25.8 Å². The van der Waals surface area contributed by atoms with Crippen molar-refractivity contribution in [1.82, 2.24) is 19.9 Å². The van der Waals surface area contributed by atoms with Crippen molar-refractivity contribution in [2.45, 2.75) is 25.9 Å². The standard InChI is InChI=1S/C12H23N5O/c1-16(6-7-18-10-11-2-3-11)4-5-17-9-12(8-13)14-15-17/h9,11H,2-8,10,13H2,1H3. The van der Waals surface area contributed by atoms with E-state index in [1.165, 1.54) is 12.8 Å². The van der Waals surface area contributed by atoms with Gasteiger partial charge in [-0.1, -0.05) is 5.21 Å². The molecule has 6 nitrogen and oxygen atoms in total. The largest absolute Gasteiger partial charge is 0.380 e. The Hall–Kier alpha value is -0.980. The minimum Gasteiger partial charge on any atom is -0.380 e. The zero-order valence-corrected chi connectivity index (χ0v) is 11.1. The number of aromatic nitrogens is 3. The van der Waals surface area contributed by atoms with E-state index in [1.807, 2.05) is 10.9 Å². The van der Waals surface area contributed by atoms with Crippen LogP contribution in [0.15, 0.2) is 6.20 Å². The highest BCUT2D eigenvalue weighted by Gasteiger charge is 2.20. The molecule has 0 atom stereocenters. The molecule has 0 aromatic carbocycles. The molecule has 2 N–H and O–H groups in total. The van der Waals surface area contributed by atoms with Crippen LogP contribution in [0.1, 0.15) is 18.5 Å². The molecule has 18 heavy (non-hydrogen) atoms. The molecule has 1 aliphatic carbocycles. The summed E-state index contributed by atoms with van der Waals surface area (Å²) >= 11 is 0. The van der Waals surface area contributed by atoms with Gasteiger partial charge in [-0.2, -0.15) is 0 Å². The van der Waals surface area contributed by atoms with Gasteiger partial charge in [-0.25, -0.2) is 0 Å². The van der Waals surface area contributed by atoms with Crippen molar-refractivity contribution >= 4 is 0 Å². The van der Waals surface area contributed by atoms with Crippen LogP contribution in [0.2, 0.25) is 0 Å². The van der Waals surface area contributed by atoms with Crippen LogP contribution in [-0.2, 0) is 17.8 Å². The van der Waals surface area contributed by atoms with E-state index in [0.29, 0.717) is 6.54 Å². The van der Waals surface area contributed by atoms with E-state index in [4.69, 9.17) is 10.5 Å². The number of ether oxygens (including phenoxy) is 1. The lowest BCUT2D eigenvalue weighted by Crippen LogP contribution is -2.27. The first-order valence-corrected chi connectivity index (χ1v) is 6.63. The van der Waals surface area contributed by atoms with E-state index in [9.17, 15) is 0 Å². The van der Waals surface area contributed by atoms with Crippen molar-refractivity contribution in [1.29, 1.82) is 0 Å². The third-order valence-electron chi connectivity index (χ3n) is 3.17. The third-order valence-corrected chi connectivity index (χ3v) is 3.17. The Balaban J connectivity index is 1.54. The Bertz CT molecular complexity index is 350. The second-order valence-corrected chi connectivity index (χ2v) is 5.00. The highest BCUT2D eigenvalue weighted by molar-refractivity contribution is 4.90. The Morgan fingerprint density at radius 1 is 1.50 bits per heavy atom. The molecule has 1 aromatic rings. The molecule has 0 unspecified atom stereocenters.